The third-order valence-corrected chi connectivity index (χ3v) is 4.93. The minimum Gasteiger partial charge on any atom is -0.350 e. The van der Waals surface area contributed by atoms with Gasteiger partial charge < -0.3 is 4.57 Å². The second-order valence-electron chi connectivity index (χ2n) is 6.62. The van der Waals surface area contributed by atoms with Crippen LogP contribution in [0.2, 0.25) is 0 Å². The lowest BCUT2D eigenvalue weighted by atomic mass is 10.00. The van der Waals surface area contributed by atoms with Crippen molar-refractivity contribution in [3.05, 3.63) is 95.1 Å². The summed E-state index contributed by atoms with van der Waals surface area (Å²) in [7, 11) is 0. The molecule has 2 aromatic carbocycles. The second-order valence-corrected chi connectivity index (χ2v) is 6.62. The van der Waals surface area contributed by atoms with Gasteiger partial charge in [0.15, 0.2) is 11.6 Å². The van der Waals surface area contributed by atoms with Crippen LogP contribution in [0.3, 0.4) is 0 Å². The summed E-state index contributed by atoms with van der Waals surface area (Å²) in [6.45, 7) is 2.10. The third kappa shape index (κ3) is 3.15. The summed E-state index contributed by atoms with van der Waals surface area (Å²) in [5.74, 6) is -1.94. The number of halogens is 3. The predicted molar refractivity (Wildman–Crippen MR) is 94.1 cm³/mol. The molecule has 1 aliphatic heterocycles. The van der Waals surface area contributed by atoms with Gasteiger partial charge in [-0.1, -0.05) is 24.3 Å². The fourth-order valence-corrected chi connectivity index (χ4v) is 3.72. The Balaban J connectivity index is 1.78. The van der Waals surface area contributed by atoms with Crippen LogP contribution in [0.15, 0.2) is 60.8 Å². The van der Waals surface area contributed by atoms with Crippen LogP contribution in [-0.4, -0.2) is 16.0 Å². The van der Waals surface area contributed by atoms with Gasteiger partial charge >= 0.3 is 0 Å². The molecule has 0 aliphatic carbocycles. The zero-order valence-electron chi connectivity index (χ0n) is 14.2. The average molecular weight is 356 g/mol. The van der Waals surface area contributed by atoms with Gasteiger partial charge in [0.25, 0.3) is 0 Å². The van der Waals surface area contributed by atoms with E-state index in [4.69, 9.17) is 0 Å². The summed E-state index contributed by atoms with van der Waals surface area (Å²) in [5.41, 5.74) is 2.20. The van der Waals surface area contributed by atoms with Crippen LogP contribution >= 0.6 is 0 Å². The Kier molecular flexibility index (Phi) is 4.55. The molecule has 134 valence electrons. The monoisotopic (exact) mass is 356 g/mol. The summed E-state index contributed by atoms with van der Waals surface area (Å²) in [4.78, 5) is 2.13. The Morgan fingerprint density at radius 1 is 0.885 bits per heavy atom. The van der Waals surface area contributed by atoms with E-state index in [2.05, 4.69) is 9.47 Å². The lowest BCUT2D eigenvalue weighted by Crippen LogP contribution is -2.30. The second kappa shape index (κ2) is 7.00. The SMILES string of the molecule is Fc1ccc(CN2CCCn3cccc3[C@H]2c2cccc(F)c2F)cc1. The number of hydrogen-bond donors (Lipinski definition) is 0. The molecule has 0 bridgehead atoms. The molecule has 0 unspecified atom stereocenters. The zero-order valence-corrected chi connectivity index (χ0v) is 14.2. The summed E-state index contributed by atoms with van der Waals surface area (Å²) >= 11 is 0. The van der Waals surface area contributed by atoms with Gasteiger partial charge in [-0.2, -0.15) is 0 Å². The van der Waals surface area contributed by atoms with Crippen molar-refractivity contribution in [1.29, 1.82) is 0 Å². The molecule has 0 amide bonds. The summed E-state index contributed by atoms with van der Waals surface area (Å²) in [6.07, 6.45) is 2.87. The normalized spacial score (nSPS) is 17.7. The minimum absolute atomic E-state index is 0.286. The number of aromatic nitrogens is 1. The largest absolute Gasteiger partial charge is 0.350 e. The van der Waals surface area contributed by atoms with Crippen molar-refractivity contribution in [2.45, 2.75) is 25.6 Å². The standard InChI is InChI=1S/C21H19F3N2/c22-16-9-7-15(8-10-16)14-26-13-3-12-25-11-2-6-19(25)21(26)17-4-1-5-18(23)20(17)24/h1-2,4-11,21H,3,12-14H2/t21-/m1/s1. The highest BCUT2D eigenvalue weighted by molar-refractivity contribution is 5.32. The van der Waals surface area contributed by atoms with Crippen molar-refractivity contribution in [2.24, 2.45) is 0 Å². The summed E-state index contributed by atoms with van der Waals surface area (Å²) < 4.78 is 43.8. The van der Waals surface area contributed by atoms with Gasteiger partial charge in [0.1, 0.15) is 5.82 Å². The molecule has 1 aromatic heterocycles. The van der Waals surface area contributed by atoms with E-state index in [0.717, 1.165) is 36.8 Å². The quantitative estimate of drug-likeness (QED) is 0.648. The van der Waals surface area contributed by atoms with Crippen LogP contribution in [0.25, 0.3) is 0 Å². The van der Waals surface area contributed by atoms with Gasteiger partial charge in [0, 0.05) is 37.1 Å². The molecule has 0 N–H and O–H groups in total. The average Bonchev–Trinajstić information content (AvgIpc) is 3.02. The van der Waals surface area contributed by atoms with E-state index in [1.165, 1.54) is 12.1 Å². The van der Waals surface area contributed by atoms with Gasteiger partial charge in [0.05, 0.1) is 6.04 Å². The highest BCUT2D eigenvalue weighted by Gasteiger charge is 2.30. The van der Waals surface area contributed by atoms with Crippen molar-refractivity contribution in [3.8, 4) is 0 Å². The number of hydrogen-bond acceptors (Lipinski definition) is 1. The van der Waals surface area contributed by atoms with Crippen LogP contribution in [0.4, 0.5) is 13.2 Å². The predicted octanol–water partition coefficient (Wildman–Crippen LogP) is 4.90. The Morgan fingerprint density at radius 2 is 1.69 bits per heavy atom. The molecule has 4 rings (SSSR count). The first-order valence-corrected chi connectivity index (χ1v) is 8.71. The molecule has 0 spiro atoms. The van der Waals surface area contributed by atoms with Gasteiger partial charge in [-0.15, -0.1) is 0 Å². The van der Waals surface area contributed by atoms with E-state index in [9.17, 15) is 13.2 Å². The number of rotatable bonds is 3. The fourth-order valence-electron chi connectivity index (χ4n) is 3.72. The lowest BCUT2D eigenvalue weighted by molar-refractivity contribution is 0.215. The van der Waals surface area contributed by atoms with E-state index < -0.39 is 17.7 Å². The molecule has 26 heavy (non-hydrogen) atoms. The fraction of sp³-hybridized carbons (Fsp3) is 0.238. The van der Waals surface area contributed by atoms with E-state index >= 15 is 0 Å². The minimum atomic E-state index is -0.841. The first-order valence-electron chi connectivity index (χ1n) is 8.71. The van der Waals surface area contributed by atoms with Crippen molar-refractivity contribution >= 4 is 0 Å². The number of aryl methyl sites for hydroxylation is 1. The molecule has 5 heteroatoms. The van der Waals surface area contributed by atoms with Gasteiger partial charge in [-0.25, -0.2) is 13.2 Å². The Hall–Kier alpha value is -2.53. The molecular formula is C21H19F3N2. The van der Waals surface area contributed by atoms with E-state index in [-0.39, 0.29) is 5.82 Å². The van der Waals surface area contributed by atoms with E-state index in [0.29, 0.717) is 12.1 Å². The van der Waals surface area contributed by atoms with Crippen LogP contribution in [0, 0.1) is 17.5 Å². The van der Waals surface area contributed by atoms with Gasteiger partial charge in [-0.3, -0.25) is 4.90 Å². The molecule has 0 saturated heterocycles. The number of benzene rings is 2. The van der Waals surface area contributed by atoms with E-state index in [1.807, 2.05) is 18.3 Å². The Morgan fingerprint density at radius 3 is 2.50 bits per heavy atom. The first-order chi connectivity index (χ1) is 12.6. The maximum Gasteiger partial charge on any atom is 0.163 e. The van der Waals surface area contributed by atoms with Crippen LogP contribution in [0.1, 0.15) is 29.3 Å². The van der Waals surface area contributed by atoms with Crippen LogP contribution < -0.4 is 0 Å². The van der Waals surface area contributed by atoms with Crippen LogP contribution in [-0.2, 0) is 13.1 Å². The lowest BCUT2D eigenvalue weighted by Gasteiger charge is -2.31. The van der Waals surface area contributed by atoms with E-state index in [1.54, 1.807) is 24.3 Å². The molecule has 2 nitrogen and oxygen atoms in total. The molecule has 1 aliphatic rings. The summed E-state index contributed by atoms with van der Waals surface area (Å²) in [6, 6.07) is 14.1. The Labute approximate surface area is 150 Å². The Bertz CT molecular complexity index is 902. The van der Waals surface area contributed by atoms with Crippen molar-refractivity contribution in [3.63, 3.8) is 0 Å². The first kappa shape index (κ1) is 16.9. The molecule has 2 heterocycles. The molecular weight excluding hydrogens is 337 g/mol. The van der Waals surface area contributed by atoms with Crippen LogP contribution in [0.5, 0.6) is 0 Å². The molecule has 0 fully saturated rings. The maximum absolute atomic E-state index is 14.6. The highest BCUT2D eigenvalue weighted by atomic mass is 19.2. The van der Waals surface area contributed by atoms with Gasteiger partial charge in [0.2, 0.25) is 0 Å². The maximum atomic E-state index is 14.6. The highest BCUT2D eigenvalue weighted by Crippen LogP contribution is 2.34. The smallest absolute Gasteiger partial charge is 0.163 e. The molecule has 1 atom stereocenters. The third-order valence-electron chi connectivity index (χ3n) is 4.93. The zero-order chi connectivity index (χ0) is 18.1. The van der Waals surface area contributed by atoms with Crippen molar-refractivity contribution < 1.29 is 13.2 Å². The van der Waals surface area contributed by atoms with Crippen molar-refractivity contribution in [1.82, 2.24) is 9.47 Å². The number of fused-ring (bicyclic) bond motifs is 1. The molecule has 3 aromatic rings. The summed E-state index contributed by atoms with van der Waals surface area (Å²) in [5, 5.41) is 0. The van der Waals surface area contributed by atoms with Gasteiger partial charge in [-0.05, 0) is 42.3 Å². The number of nitrogens with zero attached hydrogens (tertiary/aromatic N) is 2. The van der Waals surface area contributed by atoms with Crippen molar-refractivity contribution in [2.75, 3.05) is 6.54 Å². The molecule has 0 saturated carbocycles. The molecule has 0 radical (unpaired) electrons. The topological polar surface area (TPSA) is 8.17 Å².